The number of carbonyl (C=O) groups excluding carboxylic acids is 1. The van der Waals surface area contributed by atoms with Gasteiger partial charge in [-0.15, -0.1) is 21.5 Å². The van der Waals surface area contributed by atoms with Crippen LogP contribution >= 0.6 is 46.3 Å². The summed E-state index contributed by atoms with van der Waals surface area (Å²) in [5, 5.41) is 15.2. The molecular weight excluding hydrogens is 441 g/mol. The minimum atomic E-state index is -0.385. The van der Waals surface area contributed by atoms with Crippen LogP contribution in [0.15, 0.2) is 34.9 Å². The third kappa shape index (κ3) is 5.16. The zero-order valence-electron chi connectivity index (χ0n) is 15.1. The summed E-state index contributed by atoms with van der Waals surface area (Å²) < 4.78 is 7.84. The maximum atomic E-state index is 12.1. The number of nitrogens with one attached hydrogen (secondary N) is 1. The lowest BCUT2D eigenvalue weighted by molar-refractivity contribution is -0.113. The van der Waals surface area contributed by atoms with Crippen LogP contribution in [-0.2, 0) is 11.3 Å². The van der Waals surface area contributed by atoms with Crippen LogP contribution in [0.4, 0.5) is 5.13 Å². The summed E-state index contributed by atoms with van der Waals surface area (Å²) in [6, 6.07) is 5.05. The number of thiazole rings is 1. The fourth-order valence-corrected chi connectivity index (χ4v) is 4.20. The Balaban J connectivity index is 1.66. The predicted molar refractivity (Wildman–Crippen MR) is 113 cm³/mol. The largest absolute Gasteiger partial charge is 0.481 e. The molecule has 148 valence electrons. The van der Waals surface area contributed by atoms with E-state index in [4.69, 9.17) is 27.9 Å². The van der Waals surface area contributed by atoms with Crippen LogP contribution in [0, 0.1) is 0 Å². The first kappa shape index (κ1) is 20.9. The Morgan fingerprint density at radius 2 is 2.21 bits per heavy atom. The van der Waals surface area contributed by atoms with E-state index in [1.165, 1.54) is 23.1 Å². The molecule has 0 saturated heterocycles. The van der Waals surface area contributed by atoms with Gasteiger partial charge in [0.2, 0.25) is 5.91 Å². The Morgan fingerprint density at radius 1 is 1.39 bits per heavy atom. The van der Waals surface area contributed by atoms with Gasteiger partial charge in [0.1, 0.15) is 5.75 Å². The highest BCUT2D eigenvalue weighted by molar-refractivity contribution is 7.99. The molecule has 1 aromatic carbocycles. The molecule has 1 atom stereocenters. The molecule has 1 unspecified atom stereocenters. The van der Waals surface area contributed by atoms with Crippen molar-refractivity contribution in [1.29, 1.82) is 0 Å². The number of aromatic nitrogens is 4. The summed E-state index contributed by atoms with van der Waals surface area (Å²) in [6.07, 6.45) is 1.26. The number of ether oxygens (including phenoxy) is 1. The van der Waals surface area contributed by atoms with E-state index < -0.39 is 0 Å². The third-order valence-corrected chi connectivity index (χ3v) is 5.82. The number of anilines is 1. The zero-order valence-corrected chi connectivity index (χ0v) is 18.2. The minimum absolute atomic E-state index is 0.149. The van der Waals surface area contributed by atoms with Crippen LogP contribution in [0.1, 0.15) is 25.8 Å². The first-order valence-electron chi connectivity index (χ1n) is 8.35. The van der Waals surface area contributed by atoms with E-state index in [2.05, 4.69) is 20.5 Å². The molecule has 3 aromatic rings. The lowest BCUT2D eigenvalue weighted by Crippen LogP contribution is -2.15. The van der Waals surface area contributed by atoms with Crippen molar-refractivity contribution in [1.82, 2.24) is 19.7 Å². The van der Waals surface area contributed by atoms with Crippen LogP contribution in [-0.4, -0.2) is 31.4 Å². The molecule has 0 fully saturated rings. The maximum absolute atomic E-state index is 12.1. The van der Waals surface area contributed by atoms with Crippen LogP contribution in [0.5, 0.6) is 5.75 Å². The molecule has 11 heteroatoms. The average molecular weight is 458 g/mol. The fourth-order valence-electron chi connectivity index (χ4n) is 2.39. The van der Waals surface area contributed by atoms with Crippen molar-refractivity contribution in [3.05, 3.63) is 45.6 Å². The number of benzene rings is 1. The smallest absolute Gasteiger partial charge is 0.236 e. The highest BCUT2D eigenvalue weighted by Crippen LogP contribution is 2.31. The highest BCUT2D eigenvalue weighted by Gasteiger charge is 2.20. The van der Waals surface area contributed by atoms with E-state index in [1.807, 2.05) is 18.4 Å². The van der Waals surface area contributed by atoms with Gasteiger partial charge in [-0.2, -0.15) is 0 Å². The fraction of sp³-hybridized carbons (Fsp3) is 0.294. The second-order valence-corrected chi connectivity index (χ2v) is 8.27. The number of amides is 1. The van der Waals surface area contributed by atoms with E-state index in [9.17, 15) is 4.79 Å². The monoisotopic (exact) mass is 457 g/mol. The van der Waals surface area contributed by atoms with Crippen molar-refractivity contribution in [3.8, 4) is 5.75 Å². The Labute approximate surface area is 180 Å². The summed E-state index contributed by atoms with van der Waals surface area (Å²) in [6.45, 7) is 4.49. The van der Waals surface area contributed by atoms with Crippen LogP contribution in [0.25, 0.3) is 0 Å². The topological polar surface area (TPSA) is 81.9 Å². The summed E-state index contributed by atoms with van der Waals surface area (Å²) in [4.78, 5) is 16.1. The molecule has 0 spiro atoms. The summed E-state index contributed by atoms with van der Waals surface area (Å²) in [5.74, 6) is 1.22. The first-order chi connectivity index (χ1) is 13.5. The quantitative estimate of drug-likeness (QED) is 0.482. The van der Waals surface area contributed by atoms with E-state index in [1.54, 1.807) is 29.8 Å². The molecule has 0 bridgehead atoms. The van der Waals surface area contributed by atoms with E-state index in [0.29, 0.717) is 38.5 Å². The lowest BCUT2D eigenvalue weighted by Gasteiger charge is -2.16. The second-order valence-electron chi connectivity index (χ2n) is 5.59. The third-order valence-electron chi connectivity index (χ3n) is 3.63. The molecule has 1 amide bonds. The number of halogens is 2. The number of thioether (sulfide) groups is 1. The molecule has 1 N–H and O–H groups in total. The molecule has 0 aliphatic heterocycles. The van der Waals surface area contributed by atoms with Gasteiger partial charge in [-0.25, -0.2) is 4.98 Å². The maximum Gasteiger partial charge on any atom is 0.236 e. The predicted octanol–water partition coefficient (Wildman–Crippen LogP) is 4.93. The molecule has 0 aliphatic carbocycles. The van der Waals surface area contributed by atoms with Gasteiger partial charge < -0.3 is 14.6 Å². The zero-order chi connectivity index (χ0) is 20.1. The van der Waals surface area contributed by atoms with Crippen LogP contribution in [0.3, 0.4) is 0 Å². The first-order valence-corrected chi connectivity index (χ1v) is 11.0. The summed E-state index contributed by atoms with van der Waals surface area (Å²) in [5.41, 5.74) is 0. The van der Waals surface area contributed by atoms with Crippen molar-refractivity contribution in [2.75, 3.05) is 11.1 Å². The standard InChI is InChI=1S/C17H17Cl2N5O2S2/c1-3-24-15(10(2)26-13-5-4-11(18)8-12(13)19)22-23-17(24)28-9-14(25)21-16-20-6-7-27-16/h4-8,10H,3,9H2,1-2H3,(H,20,21,25). The van der Waals surface area contributed by atoms with Crippen molar-refractivity contribution >= 4 is 57.3 Å². The van der Waals surface area contributed by atoms with Crippen molar-refractivity contribution in [2.45, 2.75) is 31.7 Å². The van der Waals surface area contributed by atoms with Gasteiger partial charge in [-0.3, -0.25) is 4.79 Å². The molecular formula is C17H17Cl2N5O2S2. The van der Waals surface area contributed by atoms with E-state index >= 15 is 0 Å². The van der Waals surface area contributed by atoms with Gasteiger partial charge >= 0.3 is 0 Å². The van der Waals surface area contributed by atoms with Gasteiger partial charge in [-0.05, 0) is 32.0 Å². The van der Waals surface area contributed by atoms with Gasteiger partial charge in [0.25, 0.3) is 0 Å². The van der Waals surface area contributed by atoms with E-state index in [-0.39, 0.29) is 17.8 Å². The minimum Gasteiger partial charge on any atom is -0.481 e. The molecule has 2 heterocycles. The van der Waals surface area contributed by atoms with E-state index in [0.717, 1.165) is 0 Å². The normalized spacial score (nSPS) is 12.0. The molecule has 0 radical (unpaired) electrons. The number of nitrogens with zero attached hydrogens (tertiary/aromatic N) is 4. The molecule has 3 rings (SSSR count). The molecule has 28 heavy (non-hydrogen) atoms. The molecule has 7 nitrogen and oxygen atoms in total. The Kier molecular flexibility index (Phi) is 7.17. The summed E-state index contributed by atoms with van der Waals surface area (Å²) >= 11 is 14.8. The van der Waals surface area contributed by atoms with Gasteiger partial charge in [0.05, 0.1) is 10.8 Å². The Hall–Kier alpha value is -1.81. The number of carbonyl (C=O) groups is 1. The second kappa shape index (κ2) is 9.60. The van der Waals surface area contributed by atoms with Crippen LogP contribution in [0.2, 0.25) is 10.0 Å². The highest BCUT2D eigenvalue weighted by atomic mass is 35.5. The number of hydrogen-bond acceptors (Lipinski definition) is 7. The SMILES string of the molecule is CCn1c(SCC(=O)Nc2nccs2)nnc1C(C)Oc1ccc(Cl)cc1Cl. The van der Waals surface area contributed by atoms with Gasteiger partial charge in [0.15, 0.2) is 22.2 Å². The van der Waals surface area contributed by atoms with Crippen molar-refractivity contribution < 1.29 is 9.53 Å². The number of hydrogen-bond donors (Lipinski definition) is 1. The van der Waals surface area contributed by atoms with Crippen molar-refractivity contribution in [3.63, 3.8) is 0 Å². The molecule has 2 aromatic heterocycles. The van der Waals surface area contributed by atoms with Crippen LogP contribution < -0.4 is 10.1 Å². The molecule has 0 aliphatic rings. The lowest BCUT2D eigenvalue weighted by atomic mass is 10.3. The Bertz CT molecular complexity index is 949. The van der Waals surface area contributed by atoms with Gasteiger partial charge in [-0.1, -0.05) is 35.0 Å². The molecule has 0 saturated carbocycles. The van der Waals surface area contributed by atoms with Gasteiger partial charge in [0, 0.05) is 23.1 Å². The van der Waals surface area contributed by atoms with Crippen molar-refractivity contribution in [2.24, 2.45) is 0 Å². The Morgan fingerprint density at radius 3 is 2.89 bits per heavy atom. The number of rotatable bonds is 8. The summed E-state index contributed by atoms with van der Waals surface area (Å²) in [7, 11) is 0. The average Bonchev–Trinajstić information content (AvgIpc) is 3.31.